The van der Waals surface area contributed by atoms with E-state index in [1.54, 1.807) is 24.3 Å². The van der Waals surface area contributed by atoms with Gasteiger partial charge in [0.25, 0.3) is 5.91 Å². The van der Waals surface area contributed by atoms with Crippen molar-refractivity contribution in [1.82, 2.24) is 4.90 Å². The molecule has 2 atom stereocenters. The molecule has 0 radical (unpaired) electrons. The van der Waals surface area contributed by atoms with Crippen molar-refractivity contribution in [2.75, 3.05) is 13.1 Å². The number of hydrogen-bond acceptors (Lipinski definition) is 2. The molecule has 0 aliphatic carbocycles. The van der Waals surface area contributed by atoms with Crippen LogP contribution in [0.1, 0.15) is 36.2 Å². The molecule has 4 heteroatoms. The van der Waals surface area contributed by atoms with Crippen LogP contribution in [0.4, 0.5) is 0 Å². The van der Waals surface area contributed by atoms with Crippen molar-refractivity contribution in [1.29, 1.82) is 0 Å². The van der Waals surface area contributed by atoms with E-state index in [9.17, 15) is 9.59 Å². The van der Waals surface area contributed by atoms with E-state index < -0.39 is 5.97 Å². The van der Waals surface area contributed by atoms with Gasteiger partial charge in [0.2, 0.25) is 0 Å². The lowest BCUT2D eigenvalue weighted by molar-refractivity contribution is -0.131. The van der Waals surface area contributed by atoms with Crippen LogP contribution in [0, 0.1) is 11.8 Å². The average molecular weight is 287 g/mol. The fraction of sp³-hybridized carbons (Fsp3) is 0.412. The van der Waals surface area contributed by atoms with Gasteiger partial charge in [-0.1, -0.05) is 26.0 Å². The van der Waals surface area contributed by atoms with Crippen LogP contribution in [0.3, 0.4) is 0 Å². The number of carbonyl (C=O) groups excluding carboxylic acids is 1. The molecule has 0 spiro atoms. The molecule has 0 saturated carbocycles. The lowest BCUT2D eigenvalue weighted by atomic mass is 9.88. The van der Waals surface area contributed by atoms with E-state index >= 15 is 0 Å². The molecule has 112 valence electrons. The summed E-state index contributed by atoms with van der Waals surface area (Å²) in [4.78, 5) is 24.8. The Labute approximate surface area is 125 Å². The second kappa shape index (κ2) is 6.57. The fourth-order valence-electron chi connectivity index (χ4n) is 2.53. The summed E-state index contributed by atoms with van der Waals surface area (Å²) in [6, 6.07) is 7.05. The van der Waals surface area contributed by atoms with E-state index in [0.29, 0.717) is 17.4 Å². The molecule has 1 aliphatic heterocycles. The number of piperidine rings is 1. The van der Waals surface area contributed by atoms with E-state index in [0.717, 1.165) is 31.1 Å². The predicted molar refractivity (Wildman–Crippen MR) is 82.0 cm³/mol. The molecule has 1 saturated heterocycles. The zero-order valence-electron chi connectivity index (χ0n) is 12.5. The number of carboxylic acid groups (broad SMARTS) is 1. The normalized spacial score (nSPS) is 22.5. The van der Waals surface area contributed by atoms with Crippen LogP contribution < -0.4 is 0 Å². The summed E-state index contributed by atoms with van der Waals surface area (Å²) in [7, 11) is 0. The van der Waals surface area contributed by atoms with Gasteiger partial charge in [-0.3, -0.25) is 4.79 Å². The highest BCUT2D eigenvalue weighted by molar-refractivity contribution is 5.94. The fourth-order valence-corrected chi connectivity index (χ4v) is 2.53. The monoisotopic (exact) mass is 287 g/mol. The Hall–Kier alpha value is -2.10. The van der Waals surface area contributed by atoms with Gasteiger partial charge in [0.15, 0.2) is 0 Å². The maximum Gasteiger partial charge on any atom is 0.328 e. The van der Waals surface area contributed by atoms with Crippen molar-refractivity contribution in [3.05, 3.63) is 41.5 Å². The zero-order valence-corrected chi connectivity index (χ0v) is 12.5. The van der Waals surface area contributed by atoms with E-state index in [-0.39, 0.29) is 5.91 Å². The Kier molecular flexibility index (Phi) is 4.78. The molecule has 1 aromatic carbocycles. The van der Waals surface area contributed by atoms with Crippen molar-refractivity contribution in [3.63, 3.8) is 0 Å². The van der Waals surface area contributed by atoms with Gasteiger partial charge < -0.3 is 10.0 Å². The van der Waals surface area contributed by atoms with E-state index in [1.807, 2.05) is 4.90 Å². The summed E-state index contributed by atoms with van der Waals surface area (Å²) in [6.07, 6.45) is 3.65. The molecule has 1 N–H and O–H groups in total. The van der Waals surface area contributed by atoms with Gasteiger partial charge in [0.1, 0.15) is 0 Å². The first-order chi connectivity index (χ1) is 9.97. The van der Waals surface area contributed by atoms with Crippen LogP contribution >= 0.6 is 0 Å². The van der Waals surface area contributed by atoms with Crippen LogP contribution in [0.2, 0.25) is 0 Å². The summed E-state index contributed by atoms with van der Waals surface area (Å²) in [5.74, 6) is 0.271. The number of carbonyl (C=O) groups is 2. The first-order valence-electron chi connectivity index (χ1n) is 7.27. The molecule has 1 aliphatic rings. The largest absolute Gasteiger partial charge is 0.478 e. The van der Waals surface area contributed by atoms with Crippen LogP contribution in [-0.4, -0.2) is 35.0 Å². The van der Waals surface area contributed by atoms with Gasteiger partial charge in [-0.2, -0.15) is 0 Å². The number of aliphatic carboxylic acids is 1. The second-order valence-corrected chi connectivity index (χ2v) is 5.79. The molecule has 0 aromatic heterocycles. The number of hydrogen-bond donors (Lipinski definition) is 1. The van der Waals surface area contributed by atoms with Crippen molar-refractivity contribution < 1.29 is 14.7 Å². The number of nitrogens with zero attached hydrogens (tertiary/aromatic N) is 1. The Balaban J connectivity index is 2.05. The minimum Gasteiger partial charge on any atom is -0.478 e. The van der Waals surface area contributed by atoms with Gasteiger partial charge in [0.05, 0.1) is 0 Å². The third-order valence-corrected chi connectivity index (χ3v) is 4.20. The first-order valence-corrected chi connectivity index (χ1v) is 7.27. The minimum atomic E-state index is -0.980. The van der Waals surface area contributed by atoms with Crippen molar-refractivity contribution in [3.8, 4) is 0 Å². The molecule has 1 heterocycles. The van der Waals surface area contributed by atoms with E-state index in [2.05, 4.69) is 13.8 Å². The van der Waals surface area contributed by atoms with Gasteiger partial charge >= 0.3 is 5.97 Å². The van der Waals surface area contributed by atoms with Gasteiger partial charge in [-0.05, 0) is 42.0 Å². The highest BCUT2D eigenvalue weighted by Crippen LogP contribution is 2.23. The standard InChI is InChI=1S/C17H21NO3/c1-12-9-10-18(11-13(12)2)17(21)15-6-3-14(4-7-15)5-8-16(19)20/h3-8,12-13H,9-11H2,1-2H3,(H,19,20)/b8-5+. The quantitative estimate of drug-likeness (QED) is 0.870. The minimum absolute atomic E-state index is 0.0579. The topological polar surface area (TPSA) is 57.6 Å². The molecule has 1 aromatic rings. The predicted octanol–water partition coefficient (Wildman–Crippen LogP) is 2.90. The van der Waals surface area contributed by atoms with Gasteiger partial charge in [-0.25, -0.2) is 4.79 Å². The molecule has 2 unspecified atom stereocenters. The third kappa shape index (κ3) is 3.94. The lowest BCUT2D eigenvalue weighted by Gasteiger charge is -2.35. The third-order valence-electron chi connectivity index (χ3n) is 4.20. The summed E-state index contributed by atoms with van der Waals surface area (Å²) >= 11 is 0. The van der Waals surface area contributed by atoms with Crippen LogP contribution in [0.25, 0.3) is 6.08 Å². The number of amides is 1. The summed E-state index contributed by atoms with van der Waals surface area (Å²) in [5.41, 5.74) is 1.43. The first kappa shape index (κ1) is 15.3. The Morgan fingerprint density at radius 2 is 1.86 bits per heavy atom. The number of benzene rings is 1. The van der Waals surface area contributed by atoms with Gasteiger partial charge in [0, 0.05) is 24.7 Å². The second-order valence-electron chi connectivity index (χ2n) is 5.79. The summed E-state index contributed by atoms with van der Waals surface area (Å²) in [5, 5.41) is 8.59. The average Bonchev–Trinajstić information content (AvgIpc) is 2.48. The van der Waals surface area contributed by atoms with Crippen LogP contribution in [0.5, 0.6) is 0 Å². The maximum atomic E-state index is 12.4. The summed E-state index contributed by atoms with van der Waals surface area (Å²) < 4.78 is 0. The number of carboxylic acids is 1. The van der Waals surface area contributed by atoms with Crippen molar-refractivity contribution in [2.45, 2.75) is 20.3 Å². The summed E-state index contributed by atoms with van der Waals surface area (Å²) in [6.45, 7) is 6.03. The Morgan fingerprint density at radius 1 is 1.19 bits per heavy atom. The lowest BCUT2D eigenvalue weighted by Crippen LogP contribution is -2.42. The molecule has 1 amide bonds. The smallest absolute Gasteiger partial charge is 0.328 e. The number of likely N-dealkylation sites (tertiary alicyclic amines) is 1. The maximum absolute atomic E-state index is 12.4. The Morgan fingerprint density at radius 3 is 2.43 bits per heavy atom. The van der Waals surface area contributed by atoms with Crippen molar-refractivity contribution >= 4 is 18.0 Å². The van der Waals surface area contributed by atoms with Crippen molar-refractivity contribution in [2.24, 2.45) is 11.8 Å². The van der Waals surface area contributed by atoms with E-state index in [4.69, 9.17) is 5.11 Å². The van der Waals surface area contributed by atoms with Crippen LogP contribution in [-0.2, 0) is 4.79 Å². The SMILES string of the molecule is CC1CCN(C(=O)c2ccc(/C=C/C(=O)O)cc2)CC1C. The van der Waals surface area contributed by atoms with Crippen LogP contribution in [0.15, 0.2) is 30.3 Å². The molecule has 1 fully saturated rings. The highest BCUT2D eigenvalue weighted by atomic mass is 16.4. The molecule has 4 nitrogen and oxygen atoms in total. The molecule has 21 heavy (non-hydrogen) atoms. The highest BCUT2D eigenvalue weighted by Gasteiger charge is 2.26. The Bertz CT molecular complexity index is 548. The molecular weight excluding hydrogens is 266 g/mol. The molecular formula is C17H21NO3. The molecule has 0 bridgehead atoms. The van der Waals surface area contributed by atoms with Gasteiger partial charge in [-0.15, -0.1) is 0 Å². The van der Waals surface area contributed by atoms with E-state index in [1.165, 1.54) is 6.08 Å². The molecule has 2 rings (SSSR count). The number of rotatable bonds is 3. The zero-order chi connectivity index (χ0) is 15.4.